The van der Waals surface area contributed by atoms with Crippen LogP contribution in [0, 0.1) is 0 Å². The first kappa shape index (κ1) is 18.8. The highest BCUT2D eigenvalue weighted by Gasteiger charge is 2.26. The maximum absolute atomic E-state index is 12.3. The first-order valence-electron chi connectivity index (χ1n) is 7.91. The largest absolute Gasteiger partial charge is 0.366 e. The smallest absolute Gasteiger partial charge is 0.254 e. The molecular formula is C15H24N4O4S. The molecule has 0 spiro atoms. The van der Waals surface area contributed by atoms with E-state index >= 15 is 0 Å². The molecule has 1 aromatic rings. The maximum Gasteiger partial charge on any atom is 0.254 e. The van der Waals surface area contributed by atoms with Gasteiger partial charge < -0.3 is 15.8 Å². The molecule has 0 aromatic heterocycles. The van der Waals surface area contributed by atoms with E-state index in [2.05, 4.69) is 14.9 Å². The van der Waals surface area contributed by atoms with Gasteiger partial charge in [0.2, 0.25) is 10.0 Å². The fourth-order valence-corrected chi connectivity index (χ4v) is 3.48. The third-order valence-corrected chi connectivity index (χ3v) is 5.20. The van der Waals surface area contributed by atoms with E-state index in [4.69, 9.17) is 10.5 Å². The SMILES string of the molecule is CCN1CCOC(C(=O)Nc2cccc(S(=O)(=O)NCCN)c2)C1. The van der Waals surface area contributed by atoms with Gasteiger partial charge in [0.05, 0.1) is 11.5 Å². The first-order valence-corrected chi connectivity index (χ1v) is 9.39. The minimum Gasteiger partial charge on any atom is -0.366 e. The molecule has 1 atom stereocenters. The molecule has 24 heavy (non-hydrogen) atoms. The number of nitrogens with zero attached hydrogens (tertiary/aromatic N) is 1. The quantitative estimate of drug-likeness (QED) is 0.612. The molecule has 1 aromatic carbocycles. The summed E-state index contributed by atoms with van der Waals surface area (Å²) in [6.07, 6.45) is -0.561. The van der Waals surface area contributed by atoms with Gasteiger partial charge >= 0.3 is 0 Å². The summed E-state index contributed by atoms with van der Waals surface area (Å²) in [4.78, 5) is 14.5. The highest BCUT2D eigenvalue weighted by molar-refractivity contribution is 7.89. The van der Waals surface area contributed by atoms with Crippen molar-refractivity contribution >= 4 is 21.6 Å². The third-order valence-electron chi connectivity index (χ3n) is 3.74. The molecule has 4 N–H and O–H groups in total. The van der Waals surface area contributed by atoms with E-state index in [1.807, 2.05) is 6.92 Å². The summed E-state index contributed by atoms with van der Waals surface area (Å²) in [5, 5.41) is 2.72. The first-order chi connectivity index (χ1) is 11.5. The number of nitrogens with one attached hydrogen (secondary N) is 2. The van der Waals surface area contributed by atoms with Crippen LogP contribution in [0.3, 0.4) is 0 Å². The van der Waals surface area contributed by atoms with Crippen molar-refractivity contribution in [3.63, 3.8) is 0 Å². The molecule has 0 bridgehead atoms. The van der Waals surface area contributed by atoms with Gasteiger partial charge in [-0.1, -0.05) is 13.0 Å². The fraction of sp³-hybridized carbons (Fsp3) is 0.533. The molecule has 1 heterocycles. The summed E-state index contributed by atoms with van der Waals surface area (Å²) < 4.78 is 32.1. The second kappa shape index (κ2) is 8.54. The van der Waals surface area contributed by atoms with E-state index in [-0.39, 0.29) is 23.9 Å². The third kappa shape index (κ3) is 4.99. The molecule has 1 amide bonds. The predicted molar refractivity (Wildman–Crippen MR) is 91.2 cm³/mol. The van der Waals surface area contributed by atoms with Gasteiger partial charge in [0, 0.05) is 31.9 Å². The number of morpholine rings is 1. The van der Waals surface area contributed by atoms with Crippen molar-refractivity contribution in [2.24, 2.45) is 5.73 Å². The predicted octanol–water partition coefficient (Wildman–Crippen LogP) is -0.417. The zero-order valence-electron chi connectivity index (χ0n) is 13.7. The van der Waals surface area contributed by atoms with Gasteiger partial charge in [0.25, 0.3) is 5.91 Å². The van der Waals surface area contributed by atoms with Gasteiger partial charge in [0.15, 0.2) is 0 Å². The molecule has 2 rings (SSSR count). The lowest BCUT2D eigenvalue weighted by Gasteiger charge is -2.31. The Kier molecular flexibility index (Phi) is 6.69. The Bertz CT molecular complexity index is 665. The van der Waals surface area contributed by atoms with Crippen LogP contribution in [0.1, 0.15) is 6.92 Å². The van der Waals surface area contributed by atoms with Gasteiger partial charge in [-0.25, -0.2) is 13.1 Å². The lowest BCUT2D eigenvalue weighted by atomic mass is 10.2. The molecular weight excluding hydrogens is 332 g/mol. The van der Waals surface area contributed by atoms with Crippen LogP contribution in [0.2, 0.25) is 0 Å². The molecule has 1 fully saturated rings. The van der Waals surface area contributed by atoms with E-state index in [0.717, 1.165) is 13.1 Å². The molecule has 9 heteroatoms. The summed E-state index contributed by atoms with van der Waals surface area (Å²) in [7, 11) is -3.64. The molecule has 1 saturated heterocycles. The highest BCUT2D eigenvalue weighted by Crippen LogP contribution is 2.16. The van der Waals surface area contributed by atoms with Gasteiger partial charge in [-0.2, -0.15) is 0 Å². The number of likely N-dealkylation sites (N-methyl/N-ethyl adjacent to an activating group) is 1. The molecule has 0 aliphatic carbocycles. The van der Waals surface area contributed by atoms with Crippen LogP contribution in [0.25, 0.3) is 0 Å². The van der Waals surface area contributed by atoms with Gasteiger partial charge in [-0.15, -0.1) is 0 Å². The fourth-order valence-electron chi connectivity index (χ4n) is 2.39. The summed E-state index contributed by atoms with van der Waals surface area (Å²) in [5.41, 5.74) is 5.72. The number of hydrogen-bond acceptors (Lipinski definition) is 6. The van der Waals surface area contributed by atoms with Crippen LogP contribution in [-0.2, 0) is 19.6 Å². The summed E-state index contributed by atoms with van der Waals surface area (Å²) in [5.74, 6) is -0.280. The maximum atomic E-state index is 12.3. The van der Waals surface area contributed by atoms with Crippen molar-refractivity contribution in [1.29, 1.82) is 0 Å². The number of hydrogen-bond donors (Lipinski definition) is 3. The normalized spacial score (nSPS) is 19.2. The molecule has 134 valence electrons. The Morgan fingerprint density at radius 3 is 2.96 bits per heavy atom. The average Bonchev–Trinajstić information content (AvgIpc) is 2.60. The van der Waals surface area contributed by atoms with Crippen LogP contribution in [-0.4, -0.2) is 64.7 Å². The Morgan fingerprint density at radius 1 is 1.46 bits per heavy atom. The van der Waals surface area contributed by atoms with Crippen LogP contribution < -0.4 is 15.8 Å². The van der Waals surface area contributed by atoms with E-state index in [1.165, 1.54) is 12.1 Å². The Labute approximate surface area is 142 Å². The van der Waals surface area contributed by atoms with Crippen molar-refractivity contribution in [2.45, 2.75) is 17.9 Å². The van der Waals surface area contributed by atoms with Crippen molar-refractivity contribution in [2.75, 3.05) is 44.6 Å². The van der Waals surface area contributed by atoms with E-state index in [1.54, 1.807) is 12.1 Å². The number of anilines is 1. The number of nitrogens with two attached hydrogens (primary N) is 1. The Morgan fingerprint density at radius 2 is 2.25 bits per heavy atom. The number of amides is 1. The summed E-state index contributed by atoms with van der Waals surface area (Å²) >= 11 is 0. The Balaban J connectivity index is 2.05. The van der Waals surface area contributed by atoms with Gasteiger partial charge in [-0.05, 0) is 24.7 Å². The minimum absolute atomic E-state index is 0.0773. The van der Waals surface area contributed by atoms with Gasteiger partial charge in [0.1, 0.15) is 6.10 Å². The summed E-state index contributed by atoms with van der Waals surface area (Å²) in [6.45, 7) is 5.09. The second-order valence-electron chi connectivity index (χ2n) is 5.46. The van der Waals surface area contributed by atoms with Crippen LogP contribution >= 0.6 is 0 Å². The van der Waals surface area contributed by atoms with E-state index < -0.39 is 16.1 Å². The van der Waals surface area contributed by atoms with Crippen LogP contribution in [0.4, 0.5) is 5.69 Å². The lowest BCUT2D eigenvalue weighted by Crippen LogP contribution is -2.47. The number of rotatable bonds is 7. The molecule has 1 aliphatic heterocycles. The second-order valence-corrected chi connectivity index (χ2v) is 7.22. The molecule has 1 aliphatic rings. The minimum atomic E-state index is -3.64. The summed E-state index contributed by atoms with van der Waals surface area (Å²) in [6, 6.07) is 6.09. The molecule has 8 nitrogen and oxygen atoms in total. The van der Waals surface area contributed by atoms with Crippen LogP contribution in [0.5, 0.6) is 0 Å². The average molecular weight is 356 g/mol. The van der Waals surface area contributed by atoms with Crippen molar-refractivity contribution < 1.29 is 17.9 Å². The number of ether oxygens (including phenoxy) is 1. The van der Waals surface area contributed by atoms with Crippen molar-refractivity contribution in [3.05, 3.63) is 24.3 Å². The van der Waals surface area contributed by atoms with E-state index in [0.29, 0.717) is 18.8 Å². The topological polar surface area (TPSA) is 114 Å². The molecule has 0 saturated carbocycles. The number of sulfonamides is 1. The van der Waals surface area contributed by atoms with Crippen LogP contribution in [0.15, 0.2) is 29.2 Å². The number of carbonyl (C=O) groups excluding carboxylic acids is 1. The zero-order valence-corrected chi connectivity index (χ0v) is 14.5. The van der Waals surface area contributed by atoms with Crippen molar-refractivity contribution in [3.8, 4) is 0 Å². The highest BCUT2D eigenvalue weighted by atomic mass is 32.2. The van der Waals surface area contributed by atoms with Gasteiger partial charge in [-0.3, -0.25) is 9.69 Å². The van der Waals surface area contributed by atoms with Crippen molar-refractivity contribution in [1.82, 2.24) is 9.62 Å². The zero-order chi connectivity index (χ0) is 17.6. The monoisotopic (exact) mass is 356 g/mol. The molecule has 0 radical (unpaired) electrons. The number of benzene rings is 1. The lowest BCUT2D eigenvalue weighted by molar-refractivity contribution is -0.132. The van der Waals surface area contributed by atoms with E-state index in [9.17, 15) is 13.2 Å². The number of carbonyl (C=O) groups is 1. The Hall–Kier alpha value is -1.52. The standard InChI is InChI=1S/C15H24N4O4S/c1-2-19-8-9-23-14(11-19)15(20)18-12-4-3-5-13(10-12)24(21,22)17-7-6-16/h3-5,10,14,17H,2,6-9,11,16H2,1H3,(H,18,20). The molecule has 1 unspecified atom stereocenters.